The van der Waals surface area contributed by atoms with Gasteiger partial charge < -0.3 is 20.3 Å². The Bertz CT molecular complexity index is 1330. The van der Waals surface area contributed by atoms with Crippen LogP contribution in [0.25, 0.3) is 0 Å². The number of hydrogen-bond acceptors (Lipinski definition) is 5. The van der Waals surface area contributed by atoms with Crippen LogP contribution in [0.5, 0.6) is 0 Å². The highest BCUT2D eigenvalue weighted by Crippen LogP contribution is 2.55. The molecular formula is C32H37N3O4S. The summed E-state index contributed by atoms with van der Waals surface area (Å²) in [5.41, 5.74) is 0.435. The quantitative estimate of drug-likeness (QED) is 0.381. The third-order valence-electron chi connectivity index (χ3n) is 9.49. The summed E-state index contributed by atoms with van der Waals surface area (Å²) < 4.78 is 6.51. The number of anilines is 1. The summed E-state index contributed by atoms with van der Waals surface area (Å²) in [6.45, 7) is 4.71. The van der Waals surface area contributed by atoms with Crippen LogP contribution in [0.3, 0.4) is 0 Å². The average molecular weight is 560 g/mol. The van der Waals surface area contributed by atoms with Crippen LogP contribution in [0.2, 0.25) is 0 Å². The molecule has 0 aromatic heterocycles. The van der Waals surface area contributed by atoms with Gasteiger partial charge in [-0.3, -0.25) is 14.4 Å². The molecule has 8 atom stereocenters. The van der Waals surface area contributed by atoms with Crippen LogP contribution in [-0.4, -0.2) is 52.7 Å². The maximum atomic E-state index is 14.2. The molecule has 6 rings (SSSR count). The molecule has 7 nitrogen and oxygen atoms in total. The second-order valence-electron chi connectivity index (χ2n) is 11.8. The summed E-state index contributed by atoms with van der Waals surface area (Å²) in [6, 6.07) is 16.5. The second kappa shape index (κ2) is 10.7. The van der Waals surface area contributed by atoms with Gasteiger partial charge in [0.05, 0.1) is 17.9 Å². The van der Waals surface area contributed by atoms with Gasteiger partial charge in [0.2, 0.25) is 17.7 Å². The van der Waals surface area contributed by atoms with E-state index >= 15 is 0 Å². The van der Waals surface area contributed by atoms with Gasteiger partial charge in [0, 0.05) is 23.2 Å². The molecule has 3 aliphatic heterocycles. The number of amides is 3. The van der Waals surface area contributed by atoms with E-state index < -0.39 is 29.6 Å². The third-order valence-corrected chi connectivity index (χ3v) is 10.2. The number of nitrogens with zero attached hydrogens (tertiary/aromatic N) is 1. The number of thioether (sulfide) groups is 1. The van der Waals surface area contributed by atoms with Gasteiger partial charge in [-0.1, -0.05) is 75.2 Å². The van der Waals surface area contributed by atoms with E-state index in [2.05, 4.69) is 24.5 Å². The van der Waals surface area contributed by atoms with Crippen molar-refractivity contribution in [2.75, 3.05) is 11.6 Å². The molecule has 3 amide bonds. The van der Waals surface area contributed by atoms with E-state index in [0.717, 1.165) is 29.7 Å². The van der Waals surface area contributed by atoms with Crippen molar-refractivity contribution in [1.29, 1.82) is 0 Å². The van der Waals surface area contributed by atoms with Crippen molar-refractivity contribution in [3.8, 4) is 0 Å². The van der Waals surface area contributed by atoms with Crippen molar-refractivity contribution in [1.82, 2.24) is 10.2 Å². The van der Waals surface area contributed by atoms with Crippen LogP contribution in [0.1, 0.15) is 38.7 Å². The summed E-state index contributed by atoms with van der Waals surface area (Å²) in [4.78, 5) is 44.8. The van der Waals surface area contributed by atoms with Crippen LogP contribution in [-0.2, 0) is 25.7 Å². The lowest BCUT2D eigenvalue weighted by molar-refractivity contribution is -0.142. The number of nitrogens with one attached hydrogen (secondary N) is 2. The first-order valence-electron chi connectivity index (χ1n) is 14.3. The van der Waals surface area contributed by atoms with E-state index in [4.69, 9.17) is 4.74 Å². The summed E-state index contributed by atoms with van der Waals surface area (Å²) in [5, 5.41) is 6.34. The highest BCUT2D eigenvalue weighted by Gasteiger charge is 2.72. The predicted molar refractivity (Wildman–Crippen MR) is 155 cm³/mol. The number of carbonyl (C=O) groups excluding carboxylic acids is 3. The first kappa shape index (κ1) is 27.1. The van der Waals surface area contributed by atoms with Crippen molar-refractivity contribution >= 4 is 35.2 Å². The van der Waals surface area contributed by atoms with Crippen LogP contribution >= 0.6 is 11.8 Å². The second-order valence-corrected chi connectivity index (χ2v) is 12.6. The molecule has 1 spiro atoms. The summed E-state index contributed by atoms with van der Waals surface area (Å²) >= 11 is 1.60. The largest absolute Gasteiger partial charge is 0.359 e. The molecule has 3 fully saturated rings. The Kier molecular flexibility index (Phi) is 7.25. The van der Waals surface area contributed by atoms with Crippen molar-refractivity contribution < 1.29 is 19.1 Å². The number of fused-ring (bicyclic) bond motifs is 1. The van der Waals surface area contributed by atoms with Crippen molar-refractivity contribution in [2.45, 2.75) is 68.3 Å². The van der Waals surface area contributed by atoms with Crippen molar-refractivity contribution in [3.63, 3.8) is 0 Å². The lowest BCUT2D eigenvalue weighted by atomic mass is 9.73. The number of hydrogen-bond donors (Lipinski definition) is 2. The van der Waals surface area contributed by atoms with Crippen molar-refractivity contribution in [3.05, 3.63) is 72.3 Å². The Labute approximate surface area is 240 Å². The zero-order valence-corrected chi connectivity index (χ0v) is 24.0. The number of benzene rings is 2. The minimum absolute atomic E-state index is 0.0470. The molecular weight excluding hydrogens is 522 g/mol. The summed E-state index contributed by atoms with van der Waals surface area (Å²) in [7, 11) is 0. The zero-order chi connectivity index (χ0) is 28.0. The Hall–Kier alpha value is -3.10. The third kappa shape index (κ3) is 4.55. The lowest BCUT2D eigenvalue weighted by Gasteiger charge is -2.38. The smallest absolute Gasteiger partial charge is 0.246 e. The van der Waals surface area contributed by atoms with Gasteiger partial charge in [0.1, 0.15) is 11.6 Å². The van der Waals surface area contributed by atoms with Crippen LogP contribution in [0.15, 0.2) is 71.6 Å². The van der Waals surface area contributed by atoms with E-state index in [1.54, 1.807) is 16.7 Å². The van der Waals surface area contributed by atoms with Gasteiger partial charge in [-0.25, -0.2) is 0 Å². The van der Waals surface area contributed by atoms with Gasteiger partial charge in [0.15, 0.2) is 0 Å². The van der Waals surface area contributed by atoms with Gasteiger partial charge in [0.25, 0.3) is 0 Å². The standard InChI is InChI=1S/C32H37N3O4S/c1-19-9-7-14-24(20(19)2)34-30(37)28-32-16-15-25(39-32)26(29(36)33-22-12-8-13-23(17-22)40-3)27(32)31(38)35(28)18-21-10-5-4-6-11-21/h4-6,8,10-13,15-17,19-20,24-28H,7,9,14,18H2,1-3H3,(H,33,36)(H,34,37)/t19-,20+,24+,25-,26+,27-,28-,32-/m0/s1. The topological polar surface area (TPSA) is 87.7 Å². The molecule has 2 N–H and O–H groups in total. The SMILES string of the molecule is CSc1cccc(NC(=O)[C@@H]2[C@@H]3C=C[C@]4(O3)[C@@H]2C(=O)N(Cc2ccccc2)[C@H]4C(=O)N[C@@H]2CCC[C@H](C)[C@H]2C)c1. The zero-order valence-electron chi connectivity index (χ0n) is 23.2. The monoisotopic (exact) mass is 559 g/mol. The van der Waals surface area contributed by atoms with E-state index in [1.165, 1.54) is 0 Å². The molecule has 8 heteroatoms. The van der Waals surface area contributed by atoms with Gasteiger partial charge in [-0.2, -0.15) is 0 Å². The first-order valence-corrected chi connectivity index (χ1v) is 15.5. The van der Waals surface area contributed by atoms with Crippen molar-refractivity contribution in [2.24, 2.45) is 23.7 Å². The molecule has 40 heavy (non-hydrogen) atoms. The molecule has 0 radical (unpaired) electrons. The molecule has 210 valence electrons. The normalized spacial score (nSPS) is 34.1. The fraction of sp³-hybridized carbons (Fsp3) is 0.469. The molecule has 2 aromatic rings. The molecule has 3 heterocycles. The number of likely N-dealkylation sites (tertiary alicyclic amines) is 1. The Balaban J connectivity index is 1.32. The fourth-order valence-electron chi connectivity index (χ4n) is 7.19. The number of carbonyl (C=O) groups is 3. The maximum absolute atomic E-state index is 14.2. The molecule has 2 bridgehead atoms. The minimum atomic E-state index is -1.17. The molecule has 2 aromatic carbocycles. The highest BCUT2D eigenvalue weighted by atomic mass is 32.2. The predicted octanol–water partition coefficient (Wildman–Crippen LogP) is 4.64. The van der Waals surface area contributed by atoms with Crippen LogP contribution < -0.4 is 10.6 Å². The van der Waals surface area contributed by atoms with E-state index in [0.29, 0.717) is 17.5 Å². The van der Waals surface area contributed by atoms with E-state index in [1.807, 2.05) is 73.0 Å². The molecule has 0 unspecified atom stereocenters. The fourth-order valence-corrected chi connectivity index (χ4v) is 7.65. The lowest BCUT2D eigenvalue weighted by Crippen LogP contribution is -2.57. The molecule has 2 saturated heterocycles. The van der Waals surface area contributed by atoms with Gasteiger partial charge in [-0.05, 0) is 48.3 Å². The Morgan fingerprint density at radius 2 is 1.88 bits per heavy atom. The molecule has 1 saturated carbocycles. The van der Waals surface area contributed by atoms with Crippen LogP contribution in [0, 0.1) is 23.7 Å². The first-order chi connectivity index (χ1) is 19.3. The van der Waals surface area contributed by atoms with Gasteiger partial charge >= 0.3 is 0 Å². The Morgan fingerprint density at radius 1 is 1.07 bits per heavy atom. The molecule has 1 aliphatic carbocycles. The maximum Gasteiger partial charge on any atom is 0.246 e. The minimum Gasteiger partial charge on any atom is -0.359 e. The summed E-state index contributed by atoms with van der Waals surface area (Å²) in [5.74, 6) is -1.29. The summed E-state index contributed by atoms with van der Waals surface area (Å²) in [6.07, 6.45) is 8.32. The van der Waals surface area contributed by atoms with Crippen LogP contribution in [0.4, 0.5) is 5.69 Å². The highest BCUT2D eigenvalue weighted by molar-refractivity contribution is 7.98. The van der Waals surface area contributed by atoms with Gasteiger partial charge in [-0.15, -0.1) is 11.8 Å². The average Bonchev–Trinajstić information content (AvgIpc) is 3.59. The number of ether oxygens (including phenoxy) is 1. The number of rotatable bonds is 7. The van der Waals surface area contributed by atoms with E-state index in [-0.39, 0.29) is 30.3 Å². The molecule has 4 aliphatic rings. The van der Waals surface area contributed by atoms with E-state index in [9.17, 15) is 14.4 Å². The Morgan fingerprint density at radius 3 is 2.65 bits per heavy atom.